The lowest BCUT2D eigenvalue weighted by Crippen LogP contribution is -1.84. The Bertz CT molecular complexity index is 685. The molecular weight excluding hydrogens is 232 g/mol. The minimum absolute atomic E-state index is 0.470. The van der Waals surface area contributed by atoms with E-state index < -0.39 is 0 Å². The Morgan fingerprint density at radius 3 is 2.88 bits per heavy atom. The standard InChI is InChI=1S/C13H8N2OS/c16-7-10-8-17-13(15-10)12-6-14-5-9-3-1-2-4-11(9)12/h1-8H. The van der Waals surface area contributed by atoms with Crippen LogP contribution >= 0.6 is 11.3 Å². The molecule has 0 spiro atoms. The van der Waals surface area contributed by atoms with Crippen molar-refractivity contribution in [2.75, 3.05) is 0 Å². The first kappa shape index (κ1) is 10.1. The van der Waals surface area contributed by atoms with E-state index in [1.165, 1.54) is 11.3 Å². The fourth-order valence-corrected chi connectivity index (χ4v) is 2.54. The monoisotopic (exact) mass is 240 g/mol. The highest BCUT2D eigenvalue weighted by molar-refractivity contribution is 7.13. The summed E-state index contributed by atoms with van der Waals surface area (Å²) < 4.78 is 0. The van der Waals surface area contributed by atoms with Gasteiger partial charge in [-0.05, 0) is 5.39 Å². The summed E-state index contributed by atoms with van der Waals surface area (Å²) in [6.45, 7) is 0. The van der Waals surface area contributed by atoms with Gasteiger partial charge in [0.15, 0.2) is 6.29 Å². The summed E-state index contributed by atoms with van der Waals surface area (Å²) in [5, 5.41) is 4.77. The summed E-state index contributed by atoms with van der Waals surface area (Å²) in [5.74, 6) is 0. The summed E-state index contributed by atoms with van der Waals surface area (Å²) in [5.41, 5.74) is 1.44. The summed E-state index contributed by atoms with van der Waals surface area (Å²) in [4.78, 5) is 19.1. The molecule has 4 heteroatoms. The lowest BCUT2D eigenvalue weighted by Gasteiger charge is -2.01. The Labute approximate surface area is 102 Å². The van der Waals surface area contributed by atoms with Gasteiger partial charge in [0.2, 0.25) is 0 Å². The van der Waals surface area contributed by atoms with Crippen LogP contribution in [0.5, 0.6) is 0 Å². The molecule has 3 rings (SSSR count). The maximum Gasteiger partial charge on any atom is 0.169 e. The molecule has 2 heterocycles. The minimum Gasteiger partial charge on any atom is -0.296 e. The van der Waals surface area contributed by atoms with Crippen molar-refractivity contribution in [3.63, 3.8) is 0 Å². The largest absolute Gasteiger partial charge is 0.296 e. The van der Waals surface area contributed by atoms with E-state index in [0.29, 0.717) is 5.69 Å². The van der Waals surface area contributed by atoms with Crippen LogP contribution in [0.3, 0.4) is 0 Å². The smallest absolute Gasteiger partial charge is 0.169 e. The quantitative estimate of drug-likeness (QED) is 0.646. The number of pyridine rings is 1. The van der Waals surface area contributed by atoms with Crippen LogP contribution in [0.2, 0.25) is 0 Å². The van der Waals surface area contributed by atoms with Gasteiger partial charge in [0.05, 0.1) is 0 Å². The van der Waals surface area contributed by atoms with E-state index >= 15 is 0 Å². The Morgan fingerprint density at radius 1 is 1.18 bits per heavy atom. The molecule has 0 fully saturated rings. The normalized spacial score (nSPS) is 10.6. The highest BCUT2D eigenvalue weighted by Gasteiger charge is 2.08. The topological polar surface area (TPSA) is 42.9 Å². The van der Waals surface area contributed by atoms with Crippen molar-refractivity contribution in [1.82, 2.24) is 9.97 Å². The van der Waals surface area contributed by atoms with Gasteiger partial charge in [0.25, 0.3) is 0 Å². The van der Waals surface area contributed by atoms with Crippen molar-refractivity contribution in [2.45, 2.75) is 0 Å². The predicted molar refractivity (Wildman–Crippen MR) is 68.2 cm³/mol. The Kier molecular flexibility index (Phi) is 2.42. The molecule has 0 unspecified atom stereocenters. The van der Waals surface area contributed by atoms with Crippen LogP contribution in [0.4, 0.5) is 0 Å². The van der Waals surface area contributed by atoms with E-state index in [9.17, 15) is 4.79 Å². The van der Waals surface area contributed by atoms with Crippen molar-refractivity contribution in [1.29, 1.82) is 0 Å². The Balaban J connectivity index is 2.26. The van der Waals surface area contributed by atoms with Gasteiger partial charge in [-0.1, -0.05) is 24.3 Å². The van der Waals surface area contributed by atoms with Gasteiger partial charge < -0.3 is 0 Å². The molecular formula is C13H8N2OS. The van der Waals surface area contributed by atoms with Gasteiger partial charge >= 0.3 is 0 Å². The first-order valence-electron chi connectivity index (χ1n) is 5.12. The van der Waals surface area contributed by atoms with Gasteiger partial charge in [0.1, 0.15) is 10.7 Å². The van der Waals surface area contributed by atoms with E-state index in [1.807, 2.05) is 30.5 Å². The third-order valence-electron chi connectivity index (χ3n) is 2.54. The second kappa shape index (κ2) is 4.07. The number of carbonyl (C=O) groups excluding carboxylic acids is 1. The molecule has 0 aliphatic rings. The van der Waals surface area contributed by atoms with Crippen LogP contribution in [-0.4, -0.2) is 16.3 Å². The van der Waals surface area contributed by atoms with E-state index in [4.69, 9.17) is 0 Å². The second-order valence-electron chi connectivity index (χ2n) is 3.60. The number of aromatic nitrogens is 2. The highest BCUT2D eigenvalue weighted by Crippen LogP contribution is 2.29. The van der Waals surface area contributed by atoms with Crippen molar-refractivity contribution in [3.8, 4) is 10.6 Å². The predicted octanol–water partition coefficient (Wildman–Crippen LogP) is 3.17. The van der Waals surface area contributed by atoms with Gasteiger partial charge in [-0.2, -0.15) is 0 Å². The van der Waals surface area contributed by atoms with Crippen molar-refractivity contribution >= 4 is 28.4 Å². The number of benzene rings is 1. The van der Waals surface area contributed by atoms with E-state index in [2.05, 4.69) is 9.97 Å². The van der Waals surface area contributed by atoms with Crippen molar-refractivity contribution in [3.05, 3.63) is 47.7 Å². The average molecular weight is 240 g/mol. The molecule has 0 bridgehead atoms. The summed E-state index contributed by atoms with van der Waals surface area (Å²) >= 11 is 1.46. The van der Waals surface area contributed by atoms with Gasteiger partial charge in [-0.25, -0.2) is 4.98 Å². The third-order valence-corrected chi connectivity index (χ3v) is 3.44. The number of thiazole rings is 1. The number of nitrogens with zero attached hydrogens (tertiary/aromatic N) is 2. The van der Waals surface area contributed by atoms with E-state index in [-0.39, 0.29) is 0 Å². The molecule has 1 aromatic carbocycles. The third kappa shape index (κ3) is 1.72. The van der Waals surface area contributed by atoms with Crippen LogP contribution < -0.4 is 0 Å². The molecule has 0 aliphatic heterocycles. The van der Waals surface area contributed by atoms with Crippen LogP contribution in [0.25, 0.3) is 21.3 Å². The first-order valence-corrected chi connectivity index (χ1v) is 6.00. The van der Waals surface area contributed by atoms with Crippen molar-refractivity contribution in [2.24, 2.45) is 0 Å². The number of aldehydes is 1. The molecule has 17 heavy (non-hydrogen) atoms. The first-order chi connectivity index (χ1) is 8.38. The molecule has 0 N–H and O–H groups in total. The van der Waals surface area contributed by atoms with Crippen molar-refractivity contribution < 1.29 is 4.79 Å². The second-order valence-corrected chi connectivity index (χ2v) is 4.46. The summed E-state index contributed by atoms with van der Waals surface area (Å²) in [6.07, 6.45) is 4.38. The number of hydrogen-bond acceptors (Lipinski definition) is 4. The van der Waals surface area contributed by atoms with E-state index in [0.717, 1.165) is 27.6 Å². The molecule has 0 radical (unpaired) electrons. The number of hydrogen-bond donors (Lipinski definition) is 0. The lowest BCUT2D eigenvalue weighted by molar-refractivity contribution is 0.111. The molecule has 2 aromatic heterocycles. The molecule has 0 saturated heterocycles. The number of fused-ring (bicyclic) bond motifs is 1. The Morgan fingerprint density at radius 2 is 2.06 bits per heavy atom. The molecule has 0 amide bonds. The van der Waals surface area contributed by atoms with E-state index in [1.54, 1.807) is 11.6 Å². The summed E-state index contributed by atoms with van der Waals surface area (Å²) in [7, 11) is 0. The molecule has 0 atom stereocenters. The summed E-state index contributed by atoms with van der Waals surface area (Å²) in [6, 6.07) is 8.01. The molecule has 82 valence electrons. The molecule has 3 aromatic rings. The SMILES string of the molecule is O=Cc1csc(-c2cncc3ccccc23)n1. The maximum atomic E-state index is 10.6. The maximum absolute atomic E-state index is 10.6. The van der Waals surface area contributed by atoms with Gasteiger partial charge in [0, 0.05) is 28.7 Å². The fourth-order valence-electron chi connectivity index (χ4n) is 1.75. The highest BCUT2D eigenvalue weighted by atomic mass is 32.1. The van der Waals surface area contributed by atoms with Gasteiger partial charge in [-0.15, -0.1) is 11.3 Å². The Hall–Kier alpha value is -2.07. The number of carbonyl (C=O) groups is 1. The minimum atomic E-state index is 0.470. The number of rotatable bonds is 2. The van der Waals surface area contributed by atoms with Crippen LogP contribution in [-0.2, 0) is 0 Å². The molecule has 0 aliphatic carbocycles. The lowest BCUT2D eigenvalue weighted by atomic mass is 10.1. The van der Waals surface area contributed by atoms with Crippen LogP contribution in [0, 0.1) is 0 Å². The van der Waals surface area contributed by atoms with Crippen LogP contribution in [0.1, 0.15) is 10.5 Å². The zero-order valence-corrected chi connectivity index (χ0v) is 9.65. The molecule has 3 nitrogen and oxygen atoms in total. The average Bonchev–Trinajstić information content (AvgIpc) is 2.87. The molecule has 0 saturated carbocycles. The zero-order valence-electron chi connectivity index (χ0n) is 8.83. The van der Waals surface area contributed by atoms with Gasteiger partial charge in [-0.3, -0.25) is 9.78 Å². The van der Waals surface area contributed by atoms with Crippen LogP contribution in [0.15, 0.2) is 42.0 Å². The fraction of sp³-hybridized carbons (Fsp3) is 0. The zero-order chi connectivity index (χ0) is 11.7.